The zero-order valence-electron chi connectivity index (χ0n) is 9.53. The van der Waals surface area contributed by atoms with Gasteiger partial charge in [0.15, 0.2) is 0 Å². The van der Waals surface area contributed by atoms with Gasteiger partial charge in [-0.05, 0) is 31.2 Å². The highest BCUT2D eigenvalue weighted by molar-refractivity contribution is 6.33. The second kappa shape index (κ2) is 5.82. The van der Waals surface area contributed by atoms with Gasteiger partial charge < -0.3 is 5.32 Å². The summed E-state index contributed by atoms with van der Waals surface area (Å²) in [5.41, 5.74) is 0.494. The number of nitrogens with one attached hydrogen (secondary N) is 1. The summed E-state index contributed by atoms with van der Waals surface area (Å²) in [4.78, 5) is 15.7. The third kappa shape index (κ3) is 3.30. The summed E-state index contributed by atoms with van der Waals surface area (Å²) in [6.45, 7) is 0.710. The quantitative estimate of drug-likeness (QED) is 0.839. The standard InChI is InChI=1S/C13H15ClN2O/c14-12-9-15-7-6-11(12)13(17)16-8-10-4-2-1-3-5-10/h1-2,6-7,9-10H,3-5,8H2,(H,16,17). The summed E-state index contributed by atoms with van der Waals surface area (Å²) in [5, 5.41) is 3.32. The maximum absolute atomic E-state index is 11.9. The minimum atomic E-state index is -0.119. The van der Waals surface area contributed by atoms with Crippen molar-refractivity contribution in [1.29, 1.82) is 0 Å². The van der Waals surface area contributed by atoms with Crippen LogP contribution in [0.15, 0.2) is 30.6 Å². The van der Waals surface area contributed by atoms with Gasteiger partial charge in [0, 0.05) is 18.9 Å². The van der Waals surface area contributed by atoms with Crippen molar-refractivity contribution in [1.82, 2.24) is 10.3 Å². The van der Waals surface area contributed by atoms with Crippen molar-refractivity contribution in [3.63, 3.8) is 0 Å². The van der Waals surface area contributed by atoms with Gasteiger partial charge in [-0.3, -0.25) is 9.78 Å². The van der Waals surface area contributed by atoms with Crippen LogP contribution in [0.1, 0.15) is 29.6 Å². The highest BCUT2D eigenvalue weighted by Crippen LogP contribution is 2.18. The lowest BCUT2D eigenvalue weighted by atomic mass is 9.94. The maximum Gasteiger partial charge on any atom is 0.252 e. The number of amides is 1. The summed E-state index contributed by atoms with van der Waals surface area (Å²) in [5.74, 6) is 0.427. The number of carbonyl (C=O) groups excluding carboxylic acids is 1. The van der Waals surface area contributed by atoms with E-state index >= 15 is 0 Å². The number of hydrogen-bond acceptors (Lipinski definition) is 2. The van der Waals surface area contributed by atoms with E-state index in [1.165, 1.54) is 6.20 Å². The molecule has 1 aliphatic carbocycles. The Morgan fingerprint density at radius 1 is 1.53 bits per heavy atom. The van der Waals surface area contributed by atoms with Crippen LogP contribution in [0.2, 0.25) is 5.02 Å². The fourth-order valence-electron chi connectivity index (χ4n) is 1.93. The zero-order valence-corrected chi connectivity index (χ0v) is 10.3. The van der Waals surface area contributed by atoms with Crippen LogP contribution in [-0.4, -0.2) is 17.4 Å². The maximum atomic E-state index is 11.9. The van der Waals surface area contributed by atoms with E-state index in [1.54, 1.807) is 12.3 Å². The first-order valence-corrected chi connectivity index (χ1v) is 6.18. The molecule has 0 aliphatic heterocycles. The van der Waals surface area contributed by atoms with Crippen LogP contribution in [0.25, 0.3) is 0 Å². The summed E-state index contributed by atoms with van der Waals surface area (Å²) >= 11 is 5.91. The summed E-state index contributed by atoms with van der Waals surface area (Å²) in [6, 6.07) is 1.64. The first-order chi connectivity index (χ1) is 8.27. The Morgan fingerprint density at radius 2 is 2.41 bits per heavy atom. The van der Waals surface area contributed by atoms with E-state index in [-0.39, 0.29) is 5.91 Å². The van der Waals surface area contributed by atoms with Crippen LogP contribution in [-0.2, 0) is 0 Å². The Bertz CT molecular complexity index is 431. The smallest absolute Gasteiger partial charge is 0.252 e. The van der Waals surface area contributed by atoms with Gasteiger partial charge in [-0.1, -0.05) is 23.8 Å². The van der Waals surface area contributed by atoms with Gasteiger partial charge >= 0.3 is 0 Å². The van der Waals surface area contributed by atoms with Crippen LogP contribution < -0.4 is 5.32 Å². The monoisotopic (exact) mass is 250 g/mol. The molecule has 0 fully saturated rings. The van der Waals surface area contributed by atoms with Crippen LogP contribution in [0, 0.1) is 5.92 Å². The molecule has 1 aliphatic rings. The second-order valence-corrected chi connectivity index (χ2v) is 4.62. The fraction of sp³-hybridized carbons (Fsp3) is 0.385. The highest BCUT2D eigenvalue weighted by Gasteiger charge is 2.13. The van der Waals surface area contributed by atoms with Gasteiger partial charge in [0.25, 0.3) is 5.91 Å². The second-order valence-electron chi connectivity index (χ2n) is 4.22. The molecule has 1 aromatic heterocycles. The van der Waals surface area contributed by atoms with Gasteiger partial charge in [-0.25, -0.2) is 0 Å². The predicted octanol–water partition coefficient (Wildman–Crippen LogP) is 2.82. The number of pyridine rings is 1. The number of allylic oxidation sites excluding steroid dienone is 2. The van der Waals surface area contributed by atoms with Crippen LogP contribution in [0.5, 0.6) is 0 Å². The molecule has 1 N–H and O–H groups in total. The molecule has 0 aromatic carbocycles. The number of hydrogen-bond donors (Lipinski definition) is 1. The average molecular weight is 251 g/mol. The molecule has 0 spiro atoms. The number of aromatic nitrogens is 1. The molecular formula is C13H15ClN2O. The zero-order chi connectivity index (χ0) is 12.1. The van der Waals surface area contributed by atoms with Crippen LogP contribution >= 0.6 is 11.6 Å². The minimum absolute atomic E-state index is 0.119. The molecule has 4 heteroatoms. The van der Waals surface area contributed by atoms with Crippen molar-refractivity contribution >= 4 is 17.5 Å². The lowest BCUT2D eigenvalue weighted by Crippen LogP contribution is -2.29. The first-order valence-electron chi connectivity index (χ1n) is 5.80. The van der Waals surface area contributed by atoms with Gasteiger partial charge in [0.1, 0.15) is 0 Å². The predicted molar refractivity (Wildman–Crippen MR) is 68.1 cm³/mol. The van der Waals surface area contributed by atoms with Crippen LogP contribution in [0.4, 0.5) is 0 Å². The van der Waals surface area contributed by atoms with Crippen molar-refractivity contribution in [2.75, 3.05) is 6.54 Å². The molecule has 0 radical (unpaired) electrons. The molecule has 0 bridgehead atoms. The van der Waals surface area contributed by atoms with Gasteiger partial charge in [0.2, 0.25) is 0 Å². The number of nitrogens with zero attached hydrogens (tertiary/aromatic N) is 1. The molecule has 17 heavy (non-hydrogen) atoms. The summed E-state index contributed by atoms with van der Waals surface area (Å²) < 4.78 is 0. The van der Waals surface area contributed by atoms with E-state index in [9.17, 15) is 4.79 Å². The normalized spacial score (nSPS) is 19.0. The molecule has 1 atom stereocenters. The van der Waals surface area contributed by atoms with Crippen LogP contribution in [0.3, 0.4) is 0 Å². The van der Waals surface area contributed by atoms with E-state index in [1.807, 2.05) is 0 Å². The lowest BCUT2D eigenvalue weighted by molar-refractivity contribution is 0.0946. The topological polar surface area (TPSA) is 42.0 Å². The molecule has 1 heterocycles. The Balaban J connectivity index is 1.89. The van der Waals surface area contributed by atoms with E-state index in [0.29, 0.717) is 23.0 Å². The van der Waals surface area contributed by atoms with Crippen molar-refractivity contribution in [3.8, 4) is 0 Å². The fourth-order valence-corrected chi connectivity index (χ4v) is 2.14. The Hall–Kier alpha value is -1.35. The largest absolute Gasteiger partial charge is 0.352 e. The molecule has 3 nitrogen and oxygen atoms in total. The van der Waals surface area contributed by atoms with Crippen molar-refractivity contribution < 1.29 is 4.79 Å². The number of carbonyl (C=O) groups is 1. The SMILES string of the molecule is O=C(NCC1CC=CCC1)c1ccncc1Cl. The Kier molecular flexibility index (Phi) is 4.15. The lowest BCUT2D eigenvalue weighted by Gasteiger charge is -2.18. The Labute approximate surface area is 106 Å². The van der Waals surface area contributed by atoms with Crippen molar-refractivity contribution in [2.24, 2.45) is 5.92 Å². The number of rotatable bonds is 3. The molecule has 0 saturated heterocycles. The molecule has 0 saturated carbocycles. The van der Waals surface area contributed by atoms with Gasteiger partial charge in [-0.15, -0.1) is 0 Å². The van der Waals surface area contributed by atoms with E-state index in [2.05, 4.69) is 22.5 Å². The van der Waals surface area contributed by atoms with Gasteiger partial charge in [-0.2, -0.15) is 0 Å². The van der Waals surface area contributed by atoms with Gasteiger partial charge in [0.05, 0.1) is 10.6 Å². The van der Waals surface area contributed by atoms with E-state index in [4.69, 9.17) is 11.6 Å². The molecule has 1 unspecified atom stereocenters. The third-order valence-corrected chi connectivity index (χ3v) is 3.25. The summed E-state index contributed by atoms with van der Waals surface area (Å²) in [7, 11) is 0. The third-order valence-electron chi connectivity index (χ3n) is 2.95. The molecule has 1 amide bonds. The van der Waals surface area contributed by atoms with E-state index in [0.717, 1.165) is 19.3 Å². The van der Waals surface area contributed by atoms with E-state index < -0.39 is 0 Å². The minimum Gasteiger partial charge on any atom is -0.352 e. The molecule has 90 valence electrons. The molecule has 2 rings (SSSR count). The molecular weight excluding hydrogens is 236 g/mol. The number of halogens is 1. The highest BCUT2D eigenvalue weighted by atomic mass is 35.5. The van der Waals surface area contributed by atoms with Crippen molar-refractivity contribution in [3.05, 3.63) is 41.2 Å². The molecule has 1 aromatic rings. The Morgan fingerprint density at radius 3 is 3.12 bits per heavy atom. The summed E-state index contributed by atoms with van der Waals surface area (Å²) in [6.07, 6.45) is 10.7. The first kappa shape index (κ1) is 12.1. The average Bonchev–Trinajstić information content (AvgIpc) is 2.38. The van der Waals surface area contributed by atoms with Crippen molar-refractivity contribution in [2.45, 2.75) is 19.3 Å².